The first-order chi connectivity index (χ1) is 9.90. The number of hydrogen-bond acceptors (Lipinski definition) is 5. The fourth-order valence-electron chi connectivity index (χ4n) is 1.70. The lowest BCUT2D eigenvalue weighted by atomic mass is 10.1. The molecule has 21 heavy (non-hydrogen) atoms. The molecule has 0 radical (unpaired) electrons. The van der Waals surface area contributed by atoms with Crippen molar-refractivity contribution in [3.8, 4) is 11.5 Å². The summed E-state index contributed by atoms with van der Waals surface area (Å²) in [6.07, 6.45) is 2.46. The van der Waals surface area contributed by atoms with E-state index in [-0.39, 0.29) is 17.0 Å². The first-order valence-corrected chi connectivity index (χ1v) is 6.49. The molecule has 108 valence electrons. The van der Waals surface area contributed by atoms with Crippen molar-refractivity contribution >= 4 is 27.6 Å². The van der Waals surface area contributed by atoms with E-state index in [1.54, 1.807) is 6.92 Å². The Kier molecular flexibility index (Phi) is 4.18. The fourth-order valence-corrected chi connectivity index (χ4v) is 2.10. The Morgan fingerprint density at radius 1 is 1.43 bits per heavy atom. The van der Waals surface area contributed by atoms with Gasteiger partial charge in [-0.3, -0.25) is 15.1 Å². The van der Waals surface area contributed by atoms with E-state index in [0.717, 1.165) is 6.20 Å². The number of carboxylic acid groups (broad SMARTS) is 1. The van der Waals surface area contributed by atoms with Gasteiger partial charge in [-0.05, 0) is 46.6 Å². The van der Waals surface area contributed by atoms with Gasteiger partial charge >= 0.3 is 11.7 Å². The number of halogens is 1. The molecule has 0 saturated heterocycles. The van der Waals surface area contributed by atoms with Crippen LogP contribution in [0.5, 0.6) is 11.5 Å². The van der Waals surface area contributed by atoms with E-state index in [1.807, 2.05) is 0 Å². The van der Waals surface area contributed by atoms with Gasteiger partial charge in [-0.25, -0.2) is 4.79 Å². The maximum absolute atomic E-state index is 11.0. The molecule has 1 aromatic carbocycles. The quantitative estimate of drug-likeness (QED) is 0.666. The normalized spacial score (nSPS) is 10.2. The van der Waals surface area contributed by atoms with Crippen molar-refractivity contribution in [2.45, 2.75) is 6.92 Å². The van der Waals surface area contributed by atoms with Crippen LogP contribution in [0, 0.1) is 17.0 Å². The Morgan fingerprint density at radius 2 is 2.14 bits per heavy atom. The van der Waals surface area contributed by atoms with Crippen molar-refractivity contribution in [1.82, 2.24) is 4.98 Å². The number of carboxylic acids is 1. The van der Waals surface area contributed by atoms with Crippen molar-refractivity contribution in [2.24, 2.45) is 0 Å². The number of nitro groups is 1. The summed E-state index contributed by atoms with van der Waals surface area (Å²) in [6, 6.07) is 4.32. The highest BCUT2D eigenvalue weighted by Crippen LogP contribution is 2.37. The van der Waals surface area contributed by atoms with E-state index in [1.165, 1.54) is 24.4 Å². The van der Waals surface area contributed by atoms with Gasteiger partial charge in [-0.2, -0.15) is 0 Å². The largest absolute Gasteiger partial charge is 0.478 e. The number of rotatable bonds is 4. The molecular formula is C13H9BrN2O5. The van der Waals surface area contributed by atoms with E-state index < -0.39 is 10.9 Å². The minimum atomic E-state index is -1.05. The molecule has 0 bridgehead atoms. The molecule has 1 aromatic heterocycles. The Balaban J connectivity index is 2.41. The molecule has 0 saturated carbocycles. The van der Waals surface area contributed by atoms with Gasteiger partial charge in [0.1, 0.15) is 11.9 Å². The third-order valence-corrected chi connectivity index (χ3v) is 3.24. The molecule has 8 heteroatoms. The zero-order valence-electron chi connectivity index (χ0n) is 10.7. The Morgan fingerprint density at radius 3 is 2.71 bits per heavy atom. The zero-order chi connectivity index (χ0) is 15.6. The molecule has 0 aliphatic carbocycles. The number of aromatic carboxylic acids is 1. The summed E-state index contributed by atoms with van der Waals surface area (Å²) in [5.41, 5.74) is 0.350. The first-order valence-electron chi connectivity index (χ1n) is 5.70. The highest BCUT2D eigenvalue weighted by molar-refractivity contribution is 9.10. The van der Waals surface area contributed by atoms with Crippen LogP contribution in [0.2, 0.25) is 0 Å². The maximum Gasteiger partial charge on any atom is 0.335 e. The van der Waals surface area contributed by atoms with Gasteiger partial charge in [-0.15, -0.1) is 0 Å². The van der Waals surface area contributed by atoms with Gasteiger partial charge in [0.05, 0.1) is 15.0 Å². The second-order valence-corrected chi connectivity index (χ2v) is 4.96. The highest BCUT2D eigenvalue weighted by Gasteiger charge is 2.20. The van der Waals surface area contributed by atoms with Gasteiger partial charge in [0.25, 0.3) is 0 Å². The summed E-state index contributed by atoms with van der Waals surface area (Å²) in [5, 5.41) is 19.9. The maximum atomic E-state index is 11.0. The van der Waals surface area contributed by atoms with E-state index in [2.05, 4.69) is 20.9 Å². The average Bonchev–Trinajstić information content (AvgIpc) is 2.40. The van der Waals surface area contributed by atoms with Crippen LogP contribution in [-0.2, 0) is 0 Å². The second-order valence-electron chi connectivity index (χ2n) is 4.11. The lowest BCUT2D eigenvalue weighted by Gasteiger charge is -2.09. The van der Waals surface area contributed by atoms with Crippen LogP contribution in [0.15, 0.2) is 35.1 Å². The number of benzene rings is 1. The van der Waals surface area contributed by atoms with Gasteiger partial charge in [0.2, 0.25) is 5.75 Å². The third-order valence-electron chi connectivity index (χ3n) is 2.68. The standard InChI is InChI=1S/C13H9BrN2O5/c1-7-4-8(2-3-9(7)13(17)18)21-12-10(14)5-15-6-11(12)16(19)20/h2-6H,1H3,(H,17,18). The minimum Gasteiger partial charge on any atom is -0.478 e. The van der Waals surface area contributed by atoms with Crippen LogP contribution in [0.4, 0.5) is 5.69 Å². The van der Waals surface area contributed by atoms with Gasteiger partial charge in [0, 0.05) is 6.20 Å². The average molecular weight is 353 g/mol. The minimum absolute atomic E-state index is 0.0116. The zero-order valence-corrected chi connectivity index (χ0v) is 12.3. The van der Waals surface area contributed by atoms with Crippen molar-refractivity contribution in [2.75, 3.05) is 0 Å². The molecule has 0 aliphatic heterocycles. The van der Waals surface area contributed by atoms with Crippen LogP contribution in [0.25, 0.3) is 0 Å². The molecular weight excluding hydrogens is 344 g/mol. The van der Waals surface area contributed by atoms with Crippen LogP contribution < -0.4 is 4.74 Å². The predicted octanol–water partition coefficient (Wildman–Crippen LogP) is 3.55. The number of aryl methyl sites for hydroxylation is 1. The Labute approximate surface area is 127 Å². The Bertz CT molecular complexity index is 732. The molecule has 0 unspecified atom stereocenters. The van der Waals surface area contributed by atoms with Crippen LogP contribution in [-0.4, -0.2) is 21.0 Å². The van der Waals surface area contributed by atoms with Crippen molar-refractivity contribution in [3.63, 3.8) is 0 Å². The number of carbonyl (C=O) groups is 1. The number of nitrogens with zero attached hydrogens (tertiary/aromatic N) is 2. The fraction of sp³-hybridized carbons (Fsp3) is 0.0769. The van der Waals surface area contributed by atoms with E-state index in [4.69, 9.17) is 9.84 Å². The van der Waals surface area contributed by atoms with Crippen molar-refractivity contribution < 1.29 is 19.6 Å². The number of ether oxygens (including phenoxy) is 1. The SMILES string of the molecule is Cc1cc(Oc2c(Br)cncc2[N+](=O)[O-])ccc1C(=O)O. The lowest BCUT2D eigenvalue weighted by Crippen LogP contribution is -2.00. The summed E-state index contributed by atoms with van der Waals surface area (Å²) < 4.78 is 5.83. The summed E-state index contributed by atoms with van der Waals surface area (Å²) in [6.45, 7) is 1.62. The van der Waals surface area contributed by atoms with Gasteiger partial charge in [0.15, 0.2) is 0 Å². The molecule has 2 aromatic rings. The molecule has 0 amide bonds. The number of pyridine rings is 1. The molecule has 0 spiro atoms. The van der Waals surface area contributed by atoms with Gasteiger partial charge < -0.3 is 9.84 Å². The van der Waals surface area contributed by atoms with E-state index in [0.29, 0.717) is 15.8 Å². The molecule has 7 nitrogen and oxygen atoms in total. The second kappa shape index (κ2) is 5.88. The smallest absolute Gasteiger partial charge is 0.335 e. The summed E-state index contributed by atoms with van der Waals surface area (Å²) in [5.74, 6) is -0.736. The van der Waals surface area contributed by atoms with Crippen LogP contribution in [0.1, 0.15) is 15.9 Å². The van der Waals surface area contributed by atoms with Gasteiger partial charge in [-0.1, -0.05) is 0 Å². The summed E-state index contributed by atoms with van der Waals surface area (Å²) in [4.78, 5) is 25.0. The molecule has 0 aliphatic rings. The number of hydrogen-bond donors (Lipinski definition) is 1. The van der Waals surface area contributed by atoms with Crippen molar-refractivity contribution in [3.05, 3.63) is 56.3 Å². The molecule has 0 fully saturated rings. The Hall–Kier alpha value is -2.48. The van der Waals surface area contributed by atoms with E-state index >= 15 is 0 Å². The topological polar surface area (TPSA) is 103 Å². The summed E-state index contributed by atoms with van der Waals surface area (Å²) >= 11 is 3.14. The van der Waals surface area contributed by atoms with E-state index in [9.17, 15) is 14.9 Å². The lowest BCUT2D eigenvalue weighted by molar-refractivity contribution is -0.386. The molecule has 0 atom stereocenters. The monoisotopic (exact) mass is 352 g/mol. The molecule has 1 N–H and O–H groups in total. The third kappa shape index (κ3) is 3.16. The predicted molar refractivity (Wildman–Crippen MR) is 76.8 cm³/mol. The molecule has 1 heterocycles. The first kappa shape index (κ1) is 14.9. The number of aromatic nitrogens is 1. The highest BCUT2D eigenvalue weighted by atomic mass is 79.9. The van der Waals surface area contributed by atoms with Crippen molar-refractivity contribution in [1.29, 1.82) is 0 Å². The van der Waals surface area contributed by atoms with Crippen LogP contribution in [0.3, 0.4) is 0 Å². The summed E-state index contributed by atoms with van der Waals surface area (Å²) in [7, 11) is 0. The molecule has 2 rings (SSSR count). The van der Waals surface area contributed by atoms with Crippen LogP contribution >= 0.6 is 15.9 Å².